The third kappa shape index (κ3) is 5.02. The van der Waals surface area contributed by atoms with Gasteiger partial charge in [0.05, 0.1) is 5.56 Å². The van der Waals surface area contributed by atoms with E-state index in [4.69, 9.17) is 0 Å². The average molecular weight is 344 g/mol. The van der Waals surface area contributed by atoms with Crippen LogP contribution in [-0.2, 0) is 6.18 Å². The van der Waals surface area contributed by atoms with Gasteiger partial charge in [-0.05, 0) is 38.4 Å². The smallest absolute Gasteiger partial charge is 0.368 e. The van der Waals surface area contributed by atoms with Gasteiger partial charge in [0.2, 0.25) is 0 Å². The molecule has 0 aromatic heterocycles. The van der Waals surface area contributed by atoms with Crippen LogP contribution in [-0.4, -0.2) is 69.2 Å². The lowest BCUT2D eigenvalue weighted by atomic mass is 10.1. The van der Waals surface area contributed by atoms with Crippen LogP contribution in [0.2, 0.25) is 0 Å². The minimum atomic E-state index is -4.32. The molecule has 134 valence electrons. The number of piperazine rings is 1. The van der Waals surface area contributed by atoms with Crippen LogP contribution in [0, 0.1) is 0 Å². The maximum atomic E-state index is 12.6. The van der Waals surface area contributed by atoms with Gasteiger partial charge in [-0.25, -0.2) is 4.79 Å². The highest BCUT2D eigenvalue weighted by molar-refractivity contribution is 5.74. The first-order valence-electron chi connectivity index (χ1n) is 7.87. The molecule has 0 bridgehead atoms. The maximum absolute atomic E-state index is 12.6. The van der Waals surface area contributed by atoms with Gasteiger partial charge in [0.1, 0.15) is 0 Å². The largest absolute Gasteiger partial charge is 0.416 e. The predicted molar refractivity (Wildman–Crippen MR) is 87.2 cm³/mol. The molecule has 1 aliphatic heterocycles. The highest BCUT2D eigenvalue weighted by atomic mass is 19.4. The number of nitrogens with one attached hydrogen (secondary N) is 1. The molecule has 8 heteroatoms. The molecule has 0 radical (unpaired) electrons. The number of likely N-dealkylation sites (N-methyl/N-ethyl adjacent to an activating group) is 1. The van der Waals surface area contributed by atoms with Crippen LogP contribution in [0.1, 0.15) is 5.56 Å². The summed E-state index contributed by atoms with van der Waals surface area (Å²) in [6, 6.07) is 5.06. The van der Waals surface area contributed by atoms with Crippen LogP contribution in [0.3, 0.4) is 0 Å². The van der Waals surface area contributed by atoms with E-state index < -0.39 is 11.7 Å². The van der Waals surface area contributed by atoms with Crippen molar-refractivity contribution in [1.82, 2.24) is 15.1 Å². The van der Waals surface area contributed by atoms with Gasteiger partial charge in [-0.1, -0.05) is 0 Å². The number of hydrogen-bond acceptors (Lipinski definition) is 3. The summed E-state index contributed by atoms with van der Waals surface area (Å²) in [6.45, 7) is 3.67. The Morgan fingerprint density at radius 3 is 2.21 bits per heavy atom. The SMILES string of the molecule is CN(C)CCNC(=O)N1CCN(c2ccc(C(F)(F)F)cc2)CC1. The monoisotopic (exact) mass is 344 g/mol. The van der Waals surface area contributed by atoms with Crippen molar-refractivity contribution < 1.29 is 18.0 Å². The van der Waals surface area contributed by atoms with E-state index in [1.54, 1.807) is 4.90 Å². The molecule has 1 N–H and O–H groups in total. The summed E-state index contributed by atoms with van der Waals surface area (Å²) in [4.78, 5) is 17.7. The number of carbonyl (C=O) groups excluding carboxylic acids is 1. The summed E-state index contributed by atoms with van der Waals surface area (Å²) < 4.78 is 37.8. The molecular weight excluding hydrogens is 321 g/mol. The number of nitrogens with zero attached hydrogens (tertiary/aromatic N) is 3. The highest BCUT2D eigenvalue weighted by Gasteiger charge is 2.30. The van der Waals surface area contributed by atoms with Gasteiger partial charge in [0.15, 0.2) is 0 Å². The fourth-order valence-electron chi connectivity index (χ4n) is 2.53. The number of alkyl halides is 3. The minimum absolute atomic E-state index is 0.0936. The summed E-state index contributed by atoms with van der Waals surface area (Å²) >= 11 is 0. The predicted octanol–water partition coefficient (Wildman–Crippen LogP) is 2.10. The molecule has 0 atom stereocenters. The third-order valence-corrected chi connectivity index (χ3v) is 3.96. The zero-order valence-electron chi connectivity index (χ0n) is 13.9. The topological polar surface area (TPSA) is 38.8 Å². The molecule has 5 nitrogen and oxygen atoms in total. The summed E-state index contributed by atoms with van der Waals surface area (Å²) in [6.07, 6.45) is -4.32. The fourth-order valence-corrected chi connectivity index (χ4v) is 2.53. The number of halogens is 3. The molecule has 1 saturated heterocycles. The number of carbonyl (C=O) groups is 1. The van der Waals surface area contributed by atoms with E-state index in [0.29, 0.717) is 32.7 Å². The second-order valence-electron chi connectivity index (χ2n) is 6.05. The molecule has 1 heterocycles. The molecule has 1 fully saturated rings. The van der Waals surface area contributed by atoms with Gasteiger partial charge in [0.25, 0.3) is 0 Å². The van der Waals surface area contributed by atoms with Crippen molar-refractivity contribution in [2.24, 2.45) is 0 Å². The first kappa shape index (κ1) is 18.4. The molecular formula is C16H23F3N4O. The number of anilines is 1. The molecule has 2 rings (SSSR count). The summed E-state index contributed by atoms with van der Waals surface area (Å²) in [7, 11) is 3.88. The number of hydrogen-bond donors (Lipinski definition) is 1. The van der Waals surface area contributed by atoms with Gasteiger partial charge >= 0.3 is 12.2 Å². The Kier molecular flexibility index (Phi) is 5.93. The fraction of sp³-hybridized carbons (Fsp3) is 0.562. The minimum Gasteiger partial charge on any atom is -0.368 e. The Bertz CT molecular complexity index is 537. The van der Waals surface area contributed by atoms with Crippen molar-refractivity contribution in [1.29, 1.82) is 0 Å². The van der Waals surface area contributed by atoms with Gasteiger partial charge in [-0.2, -0.15) is 13.2 Å². The maximum Gasteiger partial charge on any atom is 0.416 e. The second kappa shape index (κ2) is 7.74. The van der Waals surface area contributed by atoms with Crippen LogP contribution in [0.4, 0.5) is 23.7 Å². The summed E-state index contributed by atoms with van der Waals surface area (Å²) in [5.41, 5.74) is 0.0980. The van der Waals surface area contributed by atoms with E-state index in [9.17, 15) is 18.0 Å². The lowest BCUT2D eigenvalue weighted by Gasteiger charge is -2.36. The molecule has 1 aromatic rings. The van der Waals surface area contributed by atoms with Crippen LogP contribution in [0.15, 0.2) is 24.3 Å². The normalized spacial score (nSPS) is 15.8. The zero-order valence-corrected chi connectivity index (χ0v) is 13.9. The highest BCUT2D eigenvalue weighted by Crippen LogP contribution is 2.30. The van der Waals surface area contributed by atoms with Crippen LogP contribution in [0.25, 0.3) is 0 Å². The van der Waals surface area contributed by atoms with Gasteiger partial charge < -0.3 is 20.0 Å². The van der Waals surface area contributed by atoms with E-state index in [-0.39, 0.29) is 6.03 Å². The Morgan fingerprint density at radius 2 is 1.71 bits per heavy atom. The first-order valence-corrected chi connectivity index (χ1v) is 7.87. The quantitative estimate of drug-likeness (QED) is 0.909. The Morgan fingerprint density at radius 1 is 1.12 bits per heavy atom. The van der Waals surface area contributed by atoms with Gasteiger partial charge in [-0.15, -0.1) is 0 Å². The van der Waals surface area contributed by atoms with Crippen molar-refractivity contribution in [3.05, 3.63) is 29.8 Å². The van der Waals surface area contributed by atoms with Crippen molar-refractivity contribution in [3.8, 4) is 0 Å². The van der Waals surface area contributed by atoms with Crippen molar-refractivity contribution in [2.75, 3.05) is 58.3 Å². The van der Waals surface area contributed by atoms with E-state index in [1.165, 1.54) is 12.1 Å². The molecule has 24 heavy (non-hydrogen) atoms. The molecule has 1 aliphatic rings. The number of rotatable bonds is 4. The Labute approximate surface area is 140 Å². The summed E-state index contributed by atoms with van der Waals surface area (Å²) in [5.74, 6) is 0. The Hall–Kier alpha value is -1.96. The molecule has 0 unspecified atom stereocenters. The van der Waals surface area contributed by atoms with Crippen LogP contribution in [0.5, 0.6) is 0 Å². The van der Waals surface area contributed by atoms with Crippen LogP contribution < -0.4 is 10.2 Å². The summed E-state index contributed by atoms with van der Waals surface area (Å²) in [5, 5.41) is 2.86. The number of amides is 2. The molecule has 0 spiro atoms. The number of urea groups is 1. The van der Waals surface area contributed by atoms with Crippen molar-refractivity contribution in [3.63, 3.8) is 0 Å². The van der Waals surface area contributed by atoms with E-state index in [1.807, 2.05) is 23.9 Å². The average Bonchev–Trinajstić information content (AvgIpc) is 2.54. The Balaban J connectivity index is 1.83. The third-order valence-electron chi connectivity index (χ3n) is 3.96. The zero-order chi connectivity index (χ0) is 17.7. The molecule has 1 aromatic carbocycles. The first-order chi connectivity index (χ1) is 11.3. The molecule has 2 amide bonds. The van der Waals surface area contributed by atoms with E-state index in [0.717, 1.165) is 24.4 Å². The van der Waals surface area contributed by atoms with Crippen LogP contribution >= 0.6 is 0 Å². The van der Waals surface area contributed by atoms with E-state index in [2.05, 4.69) is 5.32 Å². The van der Waals surface area contributed by atoms with Crippen molar-refractivity contribution >= 4 is 11.7 Å². The van der Waals surface area contributed by atoms with Gasteiger partial charge in [0, 0.05) is 45.0 Å². The van der Waals surface area contributed by atoms with Gasteiger partial charge in [-0.3, -0.25) is 0 Å². The second-order valence-corrected chi connectivity index (χ2v) is 6.05. The lowest BCUT2D eigenvalue weighted by Crippen LogP contribution is -2.52. The molecule has 0 aliphatic carbocycles. The standard InChI is InChI=1S/C16H23F3N4O/c1-21(2)8-7-20-15(24)23-11-9-22(10-12-23)14-5-3-13(4-6-14)16(17,18)19/h3-6H,7-12H2,1-2H3,(H,20,24). The van der Waals surface area contributed by atoms with E-state index >= 15 is 0 Å². The number of benzene rings is 1. The molecule has 0 saturated carbocycles. The lowest BCUT2D eigenvalue weighted by molar-refractivity contribution is -0.137. The van der Waals surface area contributed by atoms with Crippen molar-refractivity contribution in [2.45, 2.75) is 6.18 Å².